The molecule has 0 aromatic rings. The second-order valence-corrected chi connectivity index (χ2v) is 5.31. The molecule has 9 nitrogen and oxygen atoms in total. The number of aliphatic hydroxyl groups is 2. The fraction of sp³-hybridized carbons (Fsp3) is 0.857. The number of nitrogens with two attached hydrogens (primary N) is 1. The van der Waals surface area contributed by atoms with Gasteiger partial charge in [-0.1, -0.05) is 0 Å². The van der Waals surface area contributed by atoms with E-state index in [2.05, 4.69) is 4.74 Å². The van der Waals surface area contributed by atoms with E-state index in [-0.39, 0.29) is 25.6 Å². The Balaban J connectivity index is 2.40. The van der Waals surface area contributed by atoms with Crippen molar-refractivity contribution in [1.29, 1.82) is 0 Å². The van der Waals surface area contributed by atoms with Crippen molar-refractivity contribution in [3.05, 3.63) is 0 Å². The molecule has 5 unspecified atom stereocenters. The van der Waals surface area contributed by atoms with Gasteiger partial charge in [0.1, 0.15) is 24.9 Å². The number of ether oxygens (including phenoxy) is 4. The van der Waals surface area contributed by atoms with Gasteiger partial charge in [0.25, 0.3) is 0 Å². The standard InChI is InChI=1S/C14H25NO8/c1-8(16)22-7-9-12(18)13(19)11(15)14(23-9)21-6-4-3-5-10(17)20-2/h9,11-14,18-19H,3-7,15H2,1-2H3. The van der Waals surface area contributed by atoms with Gasteiger partial charge in [0, 0.05) is 20.0 Å². The van der Waals surface area contributed by atoms with Crippen LogP contribution < -0.4 is 5.73 Å². The predicted molar refractivity (Wildman–Crippen MR) is 77.1 cm³/mol. The van der Waals surface area contributed by atoms with E-state index < -0.39 is 36.6 Å². The quantitative estimate of drug-likeness (QED) is 0.364. The Labute approximate surface area is 134 Å². The Hall–Kier alpha value is -1.26. The largest absolute Gasteiger partial charge is 0.469 e. The smallest absolute Gasteiger partial charge is 0.305 e. The number of methoxy groups -OCH3 is 1. The molecule has 0 aliphatic carbocycles. The van der Waals surface area contributed by atoms with Crippen LogP contribution in [0.2, 0.25) is 0 Å². The topological polar surface area (TPSA) is 138 Å². The second kappa shape index (κ2) is 9.78. The van der Waals surface area contributed by atoms with Gasteiger partial charge < -0.3 is 34.9 Å². The maximum Gasteiger partial charge on any atom is 0.305 e. The van der Waals surface area contributed by atoms with Gasteiger partial charge in [-0.05, 0) is 12.8 Å². The zero-order valence-corrected chi connectivity index (χ0v) is 13.3. The third-order valence-corrected chi connectivity index (χ3v) is 3.48. The summed E-state index contributed by atoms with van der Waals surface area (Å²) in [4.78, 5) is 21.8. The maximum atomic E-state index is 11.0. The van der Waals surface area contributed by atoms with E-state index >= 15 is 0 Å². The van der Waals surface area contributed by atoms with Crippen LogP contribution in [0.3, 0.4) is 0 Å². The molecule has 0 spiro atoms. The third-order valence-electron chi connectivity index (χ3n) is 3.48. The molecule has 1 saturated heterocycles. The third kappa shape index (κ3) is 6.40. The van der Waals surface area contributed by atoms with Crippen LogP contribution >= 0.6 is 0 Å². The summed E-state index contributed by atoms with van der Waals surface area (Å²) in [6.45, 7) is 1.29. The molecule has 1 rings (SSSR count). The first-order chi connectivity index (χ1) is 10.9. The molecule has 1 aliphatic heterocycles. The molecular weight excluding hydrogens is 310 g/mol. The highest BCUT2D eigenvalue weighted by atomic mass is 16.7. The van der Waals surface area contributed by atoms with E-state index in [1.807, 2.05) is 0 Å². The van der Waals surface area contributed by atoms with Gasteiger partial charge in [0.15, 0.2) is 6.29 Å². The van der Waals surface area contributed by atoms with Crippen LogP contribution in [0, 0.1) is 0 Å². The lowest BCUT2D eigenvalue weighted by Crippen LogP contribution is -2.62. The minimum absolute atomic E-state index is 0.206. The Morgan fingerprint density at radius 1 is 1.22 bits per heavy atom. The number of carbonyl (C=O) groups is 2. The molecule has 0 radical (unpaired) electrons. The first kappa shape index (κ1) is 19.8. The molecule has 5 atom stereocenters. The van der Waals surface area contributed by atoms with Crippen molar-refractivity contribution in [1.82, 2.24) is 0 Å². The van der Waals surface area contributed by atoms with Crippen molar-refractivity contribution in [3.63, 3.8) is 0 Å². The zero-order valence-electron chi connectivity index (χ0n) is 13.3. The van der Waals surface area contributed by atoms with E-state index in [4.69, 9.17) is 19.9 Å². The van der Waals surface area contributed by atoms with Gasteiger partial charge in [-0.3, -0.25) is 9.59 Å². The monoisotopic (exact) mass is 335 g/mol. The van der Waals surface area contributed by atoms with Crippen LogP contribution in [0.25, 0.3) is 0 Å². The zero-order chi connectivity index (χ0) is 17.4. The Kier molecular flexibility index (Phi) is 8.42. The Bertz CT molecular complexity index is 391. The highest BCUT2D eigenvalue weighted by molar-refractivity contribution is 5.68. The van der Waals surface area contributed by atoms with Crippen molar-refractivity contribution in [2.24, 2.45) is 5.73 Å². The lowest BCUT2D eigenvalue weighted by atomic mass is 9.98. The van der Waals surface area contributed by atoms with Gasteiger partial charge in [-0.25, -0.2) is 0 Å². The lowest BCUT2D eigenvalue weighted by Gasteiger charge is -2.40. The first-order valence-electron chi connectivity index (χ1n) is 7.45. The molecular formula is C14H25NO8. The normalized spacial score (nSPS) is 30.7. The summed E-state index contributed by atoms with van der Waals surface area (Å²) in [5, 5.41) is 19.8. The van der Waals surface area contributed by atoms with E-state index in [0.717, 1.165) is 0 Å². The number of esters is 2. The number of rotatable bonds is 8. The molecule has 1 heterocycles. The van der Waals surface area contributed by atoms with Crippen LogP contribution in [0.1, 0.15) is 26.2 Å². The molecule has 9 heteroatoms. The van der Waals surface area contributed by atoms with Crippen LogP contribution in [-0.4, -0.2) is 73.1 Å². The molecule has 134 valence electrons. The molecule has 1 aliphatic rings. The van der Waals surface area contributed by atoms with Crippen LogP contribution in [0.5, 0.6) is 0 Å². The second-order valence-electron chi connectivity index (χ2n) is 5.31. The van der Waals surface area contributed by atoms with Gasteiger partial charge in [-0.2, -0.15) is 0 Å². The molecule has 0 aromatic heterocycles. The first-order valence-corrected chi connectivity index (χ1v) is 7.45. The van der Waals surface area contributed by atoms with Crippen molar-refractivity contribution in [2.75, 3.05) is 20.3 Å². The summed E-state index contributed by atoms with van der Waals surface area (Å²) in [6.07, 6.45) is -2.95. The van der Waals surface area contributed by atoms with Crippen molar-refractivity contribution in [2.45, 2.75) is 56.8 Å². The van der Waals surface area contributed by atoms with E-state index in [0.29, 0.717) is 12.8 Å². The molecule has 0 saturated carbocycles. The van der Waals surface area contributed by atoms with E-state index in [9.17, 15) is 19.8 Å². The lowest BCUT2D eigenvalue weighted by molar-refractivity contribution is -0.267. The SMILES string of the molecule is COC(=O)CCCCOC1OC(COC(C)=O)C(O)C(O)C1N. The number of aliphatic hydroxyl groups excluding tert-OH is 2. The molecule has 1 fully saturated rings. The molecule has 0 aromatic carbocycles. The van der Waals surface area contributed by atoms with Crippen molar-refractivity contribution < 1.29 is 38.7 Å². The fourth-order valence-electron chi connectivity index (χ4n) is 2.11. The molecule has 4 N–H and O–H groups in total. The Morgan fingerprint density at radius 3 is 2.52 bits per heavy atom. The van der Waals surface area contributed by atoms with Crippen molar-refractivity contribution >= 4 is 11.9 Å². The molecule has 0 amide bonds. The van der Waals surface area contributed by atoms with Crippen LogP contribution in [0.15, 0.2) is 0 Å². The minimum Gasteiger partial charge on any atom is -0.469 e. The summed E-state index contributed by atoms with van der Waals surface area (Å²) >= 11 is 0. The van der Waals surface area contributed by atoms with Crippen molar-refractivity contribution in [3.8, 4) is 0 Å². The minimum atomic E-state index is -1.27. The Morgan fingerprint density at radius 2 is 1.91 bits per heavy atom. The predicted octanol–water partition coefficient (Wildman–Crippen LogP) is -1.32. The summed E-state index contributed by atoms with van der Waals surface area (Å²) < 4.78 is 20.2. The summed E-state index contributed by atoms with van der Waals surface area (Å²) in [5.74, 6) is -0.818. The number of hydrogen-bond acceptors (Lipinski definition) is 9. The summed E-state index contributed by atoms with van der Waals surface area (Å²) in [6, 6.07) is -0.931. The highest BCUT2D eigenvalue weighted by Gasteiger charge is 2.43. The number of hydrogen-bond donors (Lipinski definition) is 3. The number of carbonyl (C=O) groups excluding carboxylic acids is 2. The average molecular weight is 335 g/mol. The molecule has 0 bridgehead atoms. The van der Waals surface area contributed by atoms with Gasteiger partial charge in [0.2, 0.25) is 0 Å². The average Bonchev–Trinajstić information content (AvgIpc) is 2.52. The van der Waals surface area contributed by atoms with E-state index in [1.54, 1.807) is 0 Å². The van der Waals surface area contributed by atoms with Gasteiger partial charge in [-0.15, -0.1) is 0 Å². The highest BCUT2D eigenvalue weighted by Crippen LogP contribution is 2.21. The fourth-order valence-corrected chi connectivity index (χ4v) is 2.11. The summed E-state index contributed by atoms with van der Waals surface area (Å²) in [7, 11) is 1.32. The van der Waals surface area contributed by atoms with E-state index in [1.165, 1.54) is 14.0 Å². The van der Waals surface area contributed by atoms with Gasteiger partial charge in [0.05, 0.1) is 13.2 Å². The maximum absolute atomic E-state index is 11.0. The van der Waals surface area contributed by atoms with Gasteiger partial charge >= 0.3 is 11.9 Å². The number of unbranched alkanes of at least 4 members (excludes halogenated alkanes) is 1. The summed E-state index contributed by atoms with van der Waals surface area (Å²) in [5.41, 5.74) is 5.77. The van der Waals surface area contributed by atoms with Crippen LogP contribution in [0.4, 0.5) is 0 Å². The van der Waals surface area contributed by atoms with Crippen LogP contribution in [-0.2, 0) is 28.5 Å². The molecule has 23 heavy (non-hydrogen) atoms.